The lowest BCUT2D eigenvalue weighted by Gasteiger charge is -2.30. The van der Waals surface area contributed by atoms with Crippen LogP contribution >= 0.6 is 0 Å². The Morgan fingerprint density at radius 3 is 3.23 bits per heavy atom. The highest BCUT2D eigenvalue weighted by molar-refractivity contribution is 5.33. The van der Waals surface area contributed by atoms with E-state index < -0.39 is 0 Å². The van der Waals surface area contributed by atoms with Crippen molar-refractivity contribution in [3.63, 3.8) is 0 Å². The zero-order valence-corrected chi connectivity index (χ0v) is 12.9. The molecule has 0 aliphatic carbocycles. The number of hydrogen-bond donors (Lipinski definition) is 2. The van der Waals surface area contributed by atoms with E-state index in [4.69, 9.17) is 14.6 Å². The summed E-state index contributed by atoms with van der Waals surface area (Å²) in [6.45, 7) is 5.54. The fraction of sp³-hybridized carbons (Fsp3) is 0.688. The molecule has 0 aromatic carbocycles. The highest BCUT2D eigenvalue weighted by atomic mass is 16.5. The number of aliphatic hydroxyl groups is 1. The SMILES string of the molecule is OCCN1CCOC[C@]2(C[C@@H](CNc3ccccn3)CO2)C1. The molecule has 0 amide bonds. The second-order valence-electron chi connectivity index (χ2n) is 6.21. The minimum Gasteiger partial charge on any atom is -0.395 e. The molecule has 1 aromatic rings. The number of hydrogen-bond acceptors (Lipinski definition) is 6. The third kappa shape index (κ3) is 3.95. The van der Waals surface area contributed by atoms with Gasteiger partial charge in [-0.05, 0) is 18.6 Å². The molecule has 0 radical (unpaired) electrons. The first-order valence-electron chi connectivity index (χ1n) is 7.99. The van der Waals surface area contributed by atoms with E-state index in [9.17, 15) is 0 Å². The van der Waals surface area contributed by atoms with Gasteiger partial charge < -0.3 is 19.9 Å². The number of anilines is 1. The van der Waals surface area contributed by atoms with Gasteiger partial charge in [0.25, 0.3) is 0 Å². The number of ether oxygens (including phenoxy) is 2. The molecule has 2 atom stereocenters. The molecule has 2 aliphatic heterocycles. The standard InChI is InChI=1S/C16H25N3O3/c20-7-5-19-6-8-21-13-16(12-19)9-14(11-22-16)10-18-15-3-1-2-4-17-15/h1-4,14,20H,5-13H2,(H,17,18)/t14-,16-/m0/s1. The average Bonchev–Trinajstić information content (AvgIpc) is 2.82. The molecule has 0 bridgehead atoms. The molecule has 1 spiro atoms. The normalized spacial score (nSPS) is 29.6. The maximum atomic E-state index is 9.16. The third-order valence-electron chi connectivity index (χ3n) is 4.37. The van der Waals surface area contributed by atoms with Crippen LogP contribution in [0.15, 0.2) is 24.4 Å². The first-order valence-corrected chi connectivity index (χ1v) is 7.99. The number of aliphatic hydroxyl groups excluding tert-OH is 1. The summed E-state index contributed by atoms with van der Waals surface area (Å²) in [5.74, 6) is 1.36. The fourth-order valence-electron chi connectivity index (χ4n) is 3.31. The van der Waals surface area contributed by atoms with Crippen molar-refractivity contribution in [1.29, 1.82) is 0 Å². The number of β-amino-alcohol motifs (C(OH)–C–C–N with tert-alkyl or cyclic N) is 1. The highest BCUT2D eigenvalue weighted by Gasteiger charge is 2.43. The van der Waals surface area contributed by atoms with Crippen LogP contribution in [0.2, 0.25) is 0 Å². The number of rotatable bonds is 5. The fourth-order valence-corrected chi connectivity index (χ4v) is 3.31. The van der Waals surface area contributed by atoms with E-state index >= 15 is 0 Å². The summed E-state index contributed by atoms with van der Waals surface area (Å²) in [6.07, 6.45) is 2.77. The smallest absolute Gasteiger partial charge is 0.125 e. The molecule has 122 valence electrons. The van der Waals surface area contributed by atoms with E-state index in [-0.39, 0.29) is 12.2 Å². The molecule has 1 aromatic heterocycles. The predicted molar refractivity (Wildman–Crippen MR) is 83.9 cm³/mol. The van der Waals surface area contributed by atoms with Gasteiger partial charge in [-0.1, -0.05) is 6.07 Å². The Kier molecular flexibility index (Phi) is 5.25. The van der Waals surface area contributed by atoms with Gasteiger partial charge in [-0.25, -0.2) is 4.98 Å². The van der Waals surface area contributed by atoms with Gasteiger partial charge in [0.1, 0.15) is 11.4 Å². The summed E-state index contributed by atoms with van der Waals surface area (Å²) in [6, 6.07) is 5.87. The Bertz CT molecular complexity index is 459. The quantitative estimate of drug-likeness (QED) is 0.830. The lowest BCUT2D eigenvalue weighted by Crippen LogP contribution is -2.45. The van der Waals surface area contributed by atoms with Crippen LogP contribution in [0, 0.1) is 5.92 Å². The molecule has 22 heavy (non-hydrogen) atoms. The molecule has 2 N–H and O–H groups in total. The second-order valence-corrected chi connectivity index (χ2v) is 6.21. The monoisotopic (exact) mass is 307 g/mol. The van der Waals surface area contributed by atoms with E-state index in [1.165, 1.54) is 0 Å². The van der Waals surface area contributed by atoms with Gasteiger partial charge in [-0.2, -0.15) is 0 Å². The van der Waals surface area contributed by atoms with E-state index in [1.54, 1.807) is 6.20 Å². The number of nitrogens with zero attached hydrogens (tertiary/aromatic N) is 2. The van der Waals surface area contributed by atoms with Crippen LogP contribution in [-0.4, -0.2) is 73.2 Å². The van der Waals surface area contributed by atoms with Crippen molar-refractivity contribution in [2.45, 2.75) is 12.0 Å². The van der Waals surface area contributed by atoms with Crippen LogP contribution in [-0.2, 0) is 9.47 Å². The lowest BCUT2D eigenvalue weighted by atomic mass is 9.94. The van der Waals surface area contributed by atoms with Crippen LogP contribution in [0.1, 0.15) is 6.42 Å². The summed E-state index contributed by atoms with van der Waals surface area (Å²) in [7, 11) is 0. The van der Waals surface area contributed by atoms with Gasteiger partial charge in [0.2, 0.25) is 0 Å². The van der Waals surface area contributed by atoms with Crippen molar-refractivity contribution >= 4 is 5.82 Å². The maximum absolute atomic E-state index is 9.16. The number of aromatic nitrogens is 1. The van der Waals surface area contributed by atoms with Gasteiger partial charge in [0, 0.05) is 38.3 Å². The minimum absolute atomic E-state index is 0.181. The largest absolute Gasteiger partial charge is 0.395 e. The molecule has 3 rings (SSSR count). The second kappa shape index (κ2) is 7.37. The van der Waals surface area contributed by atoms with Crippen LogP contribution < -0.4 is 5.32 Å². The first-order chi connectivity index (χ1) is 10.8. The number of nitrogens with one attached hydrogen (secondary N) is 1. The molecule has 0 unspecified atom stereocenters. The van der Waals surface area contributed by atoms with Gasteiger partial charge in [0.15, 0.2) is 0 Å². The number of pyridine rings is 1. The van der Waals surface area contributed by atoms with Gasteiger partial charge in [-0.3, -0.25) is 4.90 Å². The molecule has 0 saturated carbocycles. The van der Waals surface area contributed by atoms with Crippen LogP contribution in [0.4, 0.5) is 5.82 Å². The van der Waals surface area contributed by atoms with E-state index in [1.807, 2.05) is 18.2 Å². The molecule has 2 fully saturated rings. The van der Waals surface area contributed by atoms with E-state index in [2.05, 4.69) is 15.2 Å². The minimum atomic E-state index is -0.220. The average molecular weight is 307 g/mol. The molecular weight excluding hydrogens is 282 g/mol. The Hall–Kier alpha value is -1.21. The van der Waals surface area contributed by atoms with Crippen molar-refractivity contribution in [3.8, 4) is 0 Å². The predicted octanol–water partition coefficient (Wildman–Crippen LogP) is 0.593. The molecule has 2 aliphatic rings. The summed E-state index contributed by atoms with van der Waals surface area (Å²) in [5, 5.41) is 12.5. The zero-order chi connectivity index (χ0) is 15.3. The molecule has 2 saturated heterocycles. The van der Waals surface area contributed by atoms with Gasteiger partial charge in [-0.15, -0.1) is 0 Å². The van der Waals surface area contributed by atoms with Crippen LogP contribution in [0.3, 0.4) is 0 Å². The van der Waals surface area contributed by atoms with Crippen LogP contribution in [0.25, 0.3) is 0 Å². The maximum Gasteiger partial charge on any atom is 0.125 e. The topological polar surface area (TPSA) is 66.9 Å². The third-order valence-corrected chi connectivity index (χ3v) is 4.37. The summed E-state index contributed by atoms with van der Waals surface area (Å²) in [4.78, 5) is 6.52. The molecule has 6 heteroatoms. The van der Waals surface area contributed by atoms with Crippen LogP contribution in [0.5, 0.6) is 0 Å². The summed E-state index contributed by atoms with van der Waals surface area (Å²) >= 11 is 0. The van der Waals surface area contributed by atoms with Crippen molar-refractivity contribution in [3.05, 3.63) is 24.4 Å². The van der Waals surface area contributed by atoms with Crippen molar-refractivity contribution < 1.29 is 14.6 Å². The zero-order valence-electron chi connectivity index (χ0n) is 12.9. The molecule has 3 heterocycles. The Morgan fingerprint density at radius 1 is 1.45 bits per heavy atom. The van der Waals surface area contributed by atoms with Crippen molar-refractivity contribution in [2.75, 3.05) is 57.9 Å². The van der Waals surface area contributed by atoms with E-state index in [0.717, 1.165) is 38.5 Å². The summed E-state index contributed by atoms with van der Waals surface area (Å²) in [5.41, 5.74) is -0.220. The molecular formula is C16H25N3O3. The van der Waals surface area contributed by atoms with Crippen molar-refractivity contribution in [1.82, 2.24) is 9.88 Å². The Balaban J connectivity index is 1.53. The summed E-state index contributed by atoms with van der Waals surface area (Å²) < 4.78 is 11.9. The lowest BCUT2D eigenvalue weighted by molar-refractivity contribution is -0.0563. The Morgan fingerprint density at radius 2 is 2.41 bits per heavy atom. The van der Waals surface area contributed by atoms with E-state index in [0.29, 0.717) is 25.7 Å². The highest BCUT2D eigenvalue weighted by Crippen LogP contribution is 2.32. The van der Waals surface area contributed by atoms with Gasteiger partial charge >= 0.3 is 0 Å². The Labute approximate surface area is 131 Å². The molecule has 6 nitrogen and oxygen atoms in total. The van der Waals surface area contributed by atoms with Crippen molar-refractivity contribution in [2.24, 2.45) is 5.92 Å². The van der Waals surface area contributed by atoms with Gasteiger partial charge in [0.05, 0.1) is 26.4 Å². The first kappa shape index (κ1) is 15.7.